The molecule has 0 saturated carbocycles. The number of ether oxygens (including phenoxy) is 1. The highest BCUT2D eigenvalue weighted by atomic mass is 32.2. The molecular weight excluding hydrogens is 412 g/mol. The van der Waals surface area contributed by atoms with Crippen molar-refractivity contribution in [1.29, 1.82) is 0 Å². The molecule has 0 saturated heterocycles. The Kier molecular flexibility index (Phi) is 7.31. The van der Waals surface area contributed by atoms with Crippen LogP contribution in [0, 0.1) is 13.8 Å². The molecule has 6 nitrogen and oxygen atoms in total. The Labute approximate surface area is 183 Å². The van der Waals surface area contributed by atoms with Gasteiger partial charge < -0.3 is 10.1 Å². The van der Waals surface area contributed by atoms with Crippen molar-refractivity contribution in [2.75, 3.05) is 24.0 Å². The Balaban J connectivity index is 1.69. The van der Waals surface area contributed by atoms with Gasteiger partial charge in [0.2, 0.25) is 5.91 Å². The number of hydrogen-bond donors (Lipinski definition) is 1. The number of carbonyl (C=O) groups excluding carboxylic acids is 1. The third kappa shape index (κ3) is 6.08. The number of carbonyl (C=O) groups is 1. The van der Waals surface area contributed by atoms with Gasteiger partial charge in [-0.2, -0.15) is 0 Å². The standard InChI is InChI=1S/C24H26N2O4S/c1-19-8-6-10-21(16-19)26(31(28,29)23-12-4-3-5-13-23)18-24(27)25-14-15-30-22-11-7-9-20(2)17-22/h3-13,16-17H,14-15,18H2,1-2H3,(H,25,27). The summed E-state index contributed by atoms with van der Waals surface area (Å²) in [6.45, 7) is 4.07. The molecule has 0 atom stereocenters. The van der Waals surface area contributed by atoms with Gasteiger partial charge in [-0.1, -0.05) is 42.5 Å². The van der Waals surface area contributed by atoms with E-state index in [1.807, 2.05) is 44.2 Å². The predicted octanol–water partition coefficient (Wildman–Crippen LogP) is 3.69. The number of nitrogens with one attached hydrogen (secondary N) is 1. The van der Waals surface area contributed by atoms with Crippen molar-refractivity contribution in [3.63, 3.8) is 0 Å². The van der Waals surface area contributed by atoms with E-state index in [0.717, 1.165) is 21.2 Å². The first-order chi connectivity index (χ1) is 14.9. The van der Waals surface area contributed by atoms with E-state index in [4.69, 9.17) is 4.74 Å². The lowest BCUT2D eigenvalue weighted by molar-refractivity contribution is -0.119. The van der Waals surface area contributed by atoms with E-state index in [1.54, 1.807) is 36.4 Å². The third-order valence-corrected chi connectivity index (χ3v) is 6.38. The molecule has 3 aromatic rings. The van der Waals surface area contributed by atoms with Crippen LogP contribution in [0.1, 0.15) is 11.1 Å². The summed E-state index contributed by atoms with van der Waals surface area (Å²) >= 11 is 0. The summed E-state index contributed by atoms with van der Waals surface area (Å²) in [6.07, 6.45) is 0. The second kappa shape index (κ2) is 10.1. The largest absolute Gasteiger partial charge is 0.492 e. The molecule has 0 radical (unpaired) electrons. The van der Waals surface area contributed by atoms with E-state index < -0.39 is 15.9 Å². The molecule has 0 fully saturated rings. The van der Waals surface area contributed by atoms with E-state index in [1.165, 1.54) is 12.1 Å². The Hall–Kier alpha value is -3.32. The van der Waals surface area contributed by atoms with Crippen LogP contribution in [0.2, 0.25) is 0 Å². The number of hydrogen-bond acceptors (Lipinski definition) is 4. The lowest BCUT2D eigenvalue weighted by Gasteiger charge is -2.24. The molecule has 0 spiro atoms. The van der Waals surface area contributed by atoms with Crippen LogP contribution in [-0.2, 0) is 14.8 Å². The molecule has 3 aromatic carbocycles. The second-order valence-electron chi connectivity index (χ2n) is 7.18. The van der Waals surface area contributed by atoms with Gasteiger partial charge >= 0.3 is 0 Å². The van der Waals surface area contributed by atoms with Gasteiger partial charge in [0.15, 0.2) is 0 Å². The topological polar surface area (TPSA) is 75.7 Å². The highest BCUT2D eigenvalue weighted by Crippen LogP contribution is 2.24. The van der Waals surface area contributed by atoms with E-state index in [-0.39, 0.29) is 24.6 Å². The molecule has 0 aliphatic carbocycles. The molecule has 162 valence electrons. The number of rotatable bonds is 9. The molecule has 1 N–H and O–H groups in total. The zero-order valence-electron chi connectivity index (χ0n) is 17.6. The number of sulfonamides is 1. The summed E-state index contributed by atoms with van der Waals surface area (Å²) < 4.78 is 33.3. The van der Waals surface area contributed by atoms with Crippen LogP contribution in [0.15, 0.2) is 83.8 Å². The van der Waals surface area contributed by atoms with Gasteiger partial charge in [-0.15, -0.1) is 0 Å². The van der Waals surface area contributed by atoms with Crippen LogP contribution in [0.3, 0.4) is 0 Å². The molecular formula is C24H26N2O4S. The summed E-state index contributed by atoms with van der Waals surface area (Å²) in [5, 5.41) is 2.74. The molecule has 0 aliphatic heterocycles. The van der Waals surface area contributed by atoms with Crippen molar-refractivity contribution in [2.45, 2.75) is 18.7 Å². The lowest BCUT2D eigenvalue weighted by Crippen LogP contribution is -2.42. The Morgan fingerprint density at radius 1 is 0.903 bits per heavy atom. The van der Waals surface area contributed by atoms with Crippen LogP contribution in [0.25, 0.3) is 0 Å². The second-order valence-corrected chi connectivity index (χ2v) is 9.04. The molecule has 0 heterocycles. The van der Waals surface area contributed by atoms with Crippen LogP contribution in [-0.4, -0.2) is 34.0 Å². The van der Waals surface area contributed by atoms with Crippen molar-refractivity contribution in [2.24, 2.45) is 0 Å². The van der Waals surface area contributed by atoms with Crippen molar-refractivity contribution < 1.29 is 17.9 Å². The number of anilines is 1. The summed E-state index contributed by atoms with van der Waals surface area (Å²) in [7, 11) is -3.90. The summed E-state index contributed by atoms with van der Waals surface area (Å²) in [5.41, 5.74) is 2.43. The Bertz CT molecular complexity index is 1130. The van der Waals surface area contributed by atoms with Gasteiger partial charge in [-0.25, -0.2) is 8.42 Å². The van der Waals surface area contributed by atoms with Gasteiger partial charge in [-0.3, -0.25) is 9.10 Å². The average Bonchev–Trinajstić information content (AvgIpc) is 2.75. The fourth-order valence-corrected chi connectivity index (χ4v) is 4.50. The van der Waals surface area contributed by atoms with Crippen LogP contribution in [0.5, 0.6) is 5.75 Å². The fraction of sp³-hybridized carbons (Fsp3) is 0.208. The maximum Gasteiger partial charge on any atom is 0.264 e. The van der Waals surface area contributed by atoms with Gasteiger partial charge in [0.25, 0.3) is 10.0 Å². The van der Waals surface area contributed by atoms with E-state index in [2.05, 4.69) is 5.32 Å². The van der Waals surface area contributed by atoms with Crippen molar-refractivity contribution in [3.05, 3.63) is 90.0 Å². The molecule has 0 unspecified atom stereocenters. The van der Waals surface area contributed by atoms with Crippen molar-refractivity contribution in [3.8, 4) is 5.75 Å². The van der Waals surface area contributed by atoms with Gasteiger partial charge in [-0.05, 0) is 61.4 Å². The molecule has 31 heavy (non-hydrogen) atoms. The van der Waals surface area contributed by atoms with Crippen LogP contribution >= 0.6 is 0 Å². The van der Waals surface area contributed by atoms with E-state index in [9.17, 15) is 13.2 Å². The molecule has 0 bridgehead atoms. The SMILES string of the molecule is Cc1cccc(OCCNC(=O)CN(c2cccc(C)c2)S(=O)(=O)c2ccccc2)c1. The third-order valence-electron chi connectivity index (χ3n) is 4.59. The first kappa shape index (κ1) is 22.4. The number of benzene rings is 3. The fourth-order valence-electron chi connectivity index (χ4n) is 3.07. The molecule has 1 amide bonds. The zero-order chi connectivity index (χ0) is 22.3. The molecule has 3 rings (SSSR count). The van der Waals surface area contributed by atoms with Crippen LogP contribution in [0.4, 0.5) is 5.69 Å². The maximum atomic E-state index is 13.2. The smallest absolute Gasteiger partial charge is 0.264 e. The minimum absolute atomic E-state index is 0.132. The summed E-state index contributed by atoms with van der Waals surface area (Å²) in [4.78, 5) is 12.7. The van der Waals surface area contributed by atoms with Crippen LogP contribution < -0.4 is 14.4 Å². The van der Waals surface area contributed by atoms with Crippen molar-refractivity contribution in [1.82, 2.24) is 5.32 Å². The monoisotopic (exact) mass is 438 g/mol. The normalized spacial score (nSPS) is 11.0. The van der Waals surface area contributed by atoms with Crippen molar-refractivity contribution >= 4 is 21.6 Å². The molecule has 0 aliphatic rings. The Morgan fingerprint density at radius 3 is 2.26 bits per heavy atom. The molecule has 7 heteroatoms. The van der Waals surface area contributed by atoms with E-state index >= 15 is 0 Å². The predicted molar refractivity (Wildman–Crippen MR) is 122 cm³/mol. The van der Waals surface area contributed by atoms with Gasteiger partial charge in [0.1, 0.15) is 18.9 Å². The Morgan fingerprint density at radius 2 is 1.58 bits per heavy atom. The highest BCUT2D eigenvalue weighted by Gasteiger charge is 2.27. The van der Waals surface area contributed by atoms with Gasteiger partial charge in [0.05, 0.1) is 17.1 Å². The average molecular weight is 439 g/mol. The quantitative estimate of drug-likeness (QED) is 0.517. The number of aryl methyl sites for hydroxylation is 2. The van der Waals surface area contributed by atoms with Gasteiger partial charge in [0, 0.05) is 0 Å². The lowest BCUT2D eigenvalue weighted by atomic mass is 10.2. The van der Waals surface area contributed by atoms with E-state index in [0.29, 0.717) is 5.69 Å². The summed E-state index contributed by atoms with van der Waals surface area (Å²) in [6, 6.07) is 22.8. The minimum atomic E-state index is -3.90. The first-order valence-corrected chi connectivity index (χ1v) is 11.4. The maximum absolute atomic E-state index is 13.2. The molecule has 0 aromatic heterocycles. The first-order valence-electron chi connectivity index (χ1n) is 9.97. The zero-order valence-corrected chi connectivity index (χ0v) is 18.4. The number of nitrogens with zero attached hydrogens (tertiary/aromatic N) is 1. The minimum Gasteiger partial charge on any atom is -0.492 e. The number of amides is 1. The summed E-state index contributed by atoms with van der Waals surface area (Å²) in [5.74, 6) is 0.316. The highest BCUT2D eigenvalue weighted by molar-refractivity contribution is 7.92.